The van der Waals surface area contributed by atoms with Crippen molar-refractivity contribution in [3.8, 4) is 0 Å². The summed E-state index contributed by atoms with van der Waals surface area (Å²) < 4.78 is 22.9. The average molecular weight is 461 g/mol. The van der Waals surface area contributed by atoms with Gasteiger partial charge in [-0.2, -0.15) is 0 Å². The van der Waals surface area contributed by atoms with Crippen LogP contribution in [-0.4, -0.2) is 102 Å². The zero-order valence-electron chi connectivity index (χ0n) is 18.4. The Balaban J connectivity index is 1.75. The smallest absolute Gasteiger partial charge is 0.215 e. The zero-order chi connectivity index (χ0) is 23.6. The Hall–Kier alpha value is -1.19. The summed E-state index contributed by atoms with van der Waals surface area (Å²) in [7, 11) is 0. The van der Waals surface area contributed by atoms with Crippen LogP contribution in [0.25, 0.3) is 0 Å². The second-order valence-electron chi connectivity index (χ2n) is 8.78. The number of aliphatic hydroxyl groups excluding tert-OH is 2. The van der Waals surface area contributed by atoms with E-state index in [2.05, 4.69) is 5.32 Å². The minimum absolute atomic E-state index is 0.189. The molecule has 184 valence electrons. The van der Waals surface area contributed by atoms with Crippen molar-refractivity contribution >= 4 is 5.78 Å². The summed E-state index contributed by atoms with van der Waals surface area (Å²) >= 11 is 0. The summed E-state index contributed by atoms with van der Waals surface area (Å²) in [6.07, 6.45) is -4.35. The first kappa shape index (κ1) is 25.4. The second-order valence-corrected chi connectivity index (χ2v) is 8.78. The maximum atomic E-state index is 12.2. The van der Waals surface area contributed by atoms with Crippen LogP contribution in [0.4, 0.5) is 0 Å². The van der Waals surface area contributed by atoms with Crippen LogP contribution in [0.5, 0.6) is 0 Å². The molecule has 0 aromatic heterocycles. The first-order valence-corrected chi connectivity index (χ1v) is 10.9. The summed E-state index contributed by atoms with van der Waals surface area (Å²) in [5.74, 6) is -0.274. The van der Waals surface area contributed by atoms with E-state index in [1.54, 1.807) is 6.08 Å². The molecule has 0 aromatic rings. The van der Waals surface area contributed by atoms with Crippen LogP contribution in [0.1, 0.15) is 26.7 Å². The van der Waals surface area contributed by atoms with Gasteiger partial charge in [0.2, 0.25) is 6.29 Å². The third kappa shape index (κ3) is 5.30. The van der Waals surface area contributed by atoms with Crippen molar-refractivity contribution in [2.75, 3.05) is 19.7 Å². The van der Waals surface area contributed by atoms with Gasteiger partial charge < -0.3 is 56.8 Å². The van der Waals surface area contributed by atoms with Crippen LogP contribution in [0.3, 0.4) is 0 Å². The summed E-state index contributed by atoms with van der Waals surface area (Å²) in [6, 6.07) is -1.45. The predicted octanol–water partition coefficient (Wildman–Crippen LogP) is -3.22. The Morgan fingerprint density at radius 3 is 2.56 bits per heavy atom. The molecule has 3 rings (SSSR count). The Kier molecular flexibility index (Phi) is 8.25. The van der Waals surface area contributed by atoms with Crippen molar-refractivity contribution in [3.05, 3.63) is 11.8 Å². The number of rotatable bonds is 7. The number of likely N-dealkylation sites (N-methyl/N-ethyl adjacent to an activating group) is 1. The number of nitrogens with one attached hydrogen (secondary N) is 1. The van der Waals surface area contributed by atoms with E-state index in [-0.39, 0.29) is 13.2 Å². The fraction of sp³-hybridized carbons (Fsp3) is 0.850. The molecule has 0 unspecified atom stereocenters. The number of hydrogen-bond donors (Lipinski definition) is 7. The molecule has 32 heavy (non-hydrogen) atoms. The Labute approximate surface area is 187 Å². The van der Waals surface area contributed by atoms with Crippen LogP contribution in [0.2, 0.25) is 0 Å². The van der Waals surface area contributed by atoms with Gasteiger partial charge in [-0.15, -0.1) is 0 Å². The largest absolute Gasteiger partial charge is 0.467 e. The van der Waals surface area contributed by atoms with Crippen LogP contribution in [0, 0.1) is 0 Å². The highest BCUT2D eigenvalue weighted by molar-refractivity contribution is 5.91. The van der Waals surface area contributed by atoms with Gasteiger partial charge >= 0.3 is 0 Å². The molecule has 12 nitrogen and oxygen atoms in total. The molecule has 0 aromatic carbocycles. The van der Waals surface area contributed by atoms with Crippen molar-refractivity contribution in [1.29, 1.82) is 0 Å². The van der Waals surface area contributed by atoms with Gasteiger partial charge in [0, 0.05) is 12.1 Å². The quantitative estimate of drug-likeness (QED) is 0.200. The molecule has 3 aliphatic rings. The van der Waals surface area contributed by atoms with E-state index in [0.29, 0.717) is 25.1 Å². The van der Waals surface area contributed by atoms with Gasteiger partial charge in [-0.1, -0.05) is 6.92 Å². The molecule has 0 amide bonds. The third-order valence-corrected chi connectivity index (χ3v) is 6.09. The number of carbonyl (C=O) groups is 1. The molecule has 1 saturated carbocycles. The Morgan fingerprint density at radius 1 is 1.22 bits per heavy atom. The predicted molar refractivity (Wildman–Crippen MR) is 112 cm³/mol. The lowest BCUT2D eigenvalue weighted by Gasteiger charge is -2.47. The van der Waals surface area contributed by atoms with E-state index in [1.807, 2.05) is 6.92 Å². The van der Waals surface area contributed by atoms with Crippen molar-refractivity contribution in [3.63, 3.8) is 0 Å². The molecule has 0 radical (unpaired) electrons. The van der Waals surface area contributed by atoms with Crippen LogP contribution < -0.4 is 22.5 Å². The number of Topliss-reactive ketones (excluding diaryl/α,β-unsaturated/α-hetero) is 1. The highest BCUT2D eigenvalue weighted by atomic mass is 16.7. The van der Waals surface area contributed by atoms with Crippen LogP contribution >= 0.6 is 0 Å². The topological polar surface area (TPSA) is 205 Å². The minimum Gasteiger partial charge on any atom is -0.467 e. The summed E-state index contributed by atoms with van der Waals surface area (Å²) in [6.45, 7) is 3.56. The summed E-state index contributed by atoms with van der Waals surface area (Å²) in [4.78, 5) is 12.2. The first-order valence-electron chi connectivity index (χ1n) is 10.9. The Morgan fingerprint density at radius 2 is 1.91 bits per heavy atom. The van der Waals surface area contributed by atoms with E-state index < -0.39 is 66.5 Å². The molecule has 0 spiro atoms. The molecular weight excluding hydrogens is 424 g/mol. The van der Waals surface area contributed by atoms with Gasteiger partial charge in [-0.05, 0) is 32.4 Å². The molecular formula is C20H36N4O8. The van der Waals surface area contributed by atoms with Crippen LogP contribution in [-0.2, 0) is 23.7 Å². The van der Waals surface area contributed by atoms with E-state index >= 15 is 0 Å². The number of nitrogens with two attached hydrogens (primary N) is 3. The van der Waals surface area contributed by atoms with E-state index in [4.69, 9.17) is 36.1 Å². The molecule has 0 bridgehead atoms. The zero-order valence-corrected chi connectivity index (χ0v) is 18.4. The van der Waals surface area contributed by atoms with Gasteiger partial charge in [0.1, 0.15) is 29.7 Å². The maximum Gasteiger partial charge on any atom is 0.215 e. The van der Waals surface area contributed by atoms with Gasteiger partial charge in [0.15, 0.2) is 18.2 Å². The fourth-order valence-corrected chi connectivity index (χ4v) is 4.25. The van der Waals surface area contributed by atoms with Gasteiger partial charge in [0.05, 0.1) is 19.2 Å². The molecule has 10 atom stereocenters. The monoisotopic (exact) mass is 460 g/mol. The lowest BCUT2D eigenvalue weighted by Crippen LogP contribution is -2.67. The van der Waals surface area contributed by atoms with Crippen molar-refractivity contribution in [2.24, 2.45) is 17.2 Å². The van der Waals surface area contributed by atoms with E-state index in [0.717, 1.165) is 0 Å². The standard InChI is InChI=1S/C20H36N4O8/c1-3-24-12-6-11(23)15(31-18-10(22)5-4-9(7-21)30-18)13(25)16(12)32-19-14(26)17(27)20(2,28)8-29-19/h4,10-16,18-19,24-26,28H,3,5-8,21-23H2,1-2H3/t10-,11+,12-,13+,14-,15-,16+,18-,19-,20+/m1/s1. The minimum atomic E-state index is -1.82. The second kappa shape index (κ2) is 10.4. The van der Waals surface area contributed by atoms with Crippen molar-refractivity contribution in [2.45, 2.75) is 87.4 Å². The molecule has 2 fully saturated rings. The lowest BCUT2D eigenvalue weighted by atomic mass is 9.83. The normalized spacial score (nSPS) is 45.3. The van der Waals surface area contributed by atoms with E-state index in [1.165, 1.54) is 6.92 Å². The first-order chi connectivity index (χ1) is 15.1. The molecule has 10 N–H and O–H groups in total. The maximum absolute atomic E-state index is 12.2. The van der Waals surface area contributed by atoms with Gasteiger partial charge in [-0.3, -0.25) is 4.79 Å². The lowest BCUT2D eigenvalue weighted by molar-refractivity contribution is -0.285. The van der Waals surface area contributed by atoms with Crippen LogP contribution in [0.15, 0.2) is 11.8 Å². The Bertz CT molecular complexity index is 693. The molecule has 12 heteroatoms. The molecule has 1 aliphatic carbocycles. The number of ketones is 1. The number of carbonyl (C=O) groups excluding carboxylic acids is 1. The van der Waals surface area contributed by atoms with E-state index in [9.17, 15) is 20.1 Å². The molecule has 2 aliphatic heterocycles. The molecule has 2 heterocycles. The highest BCUT2D eigenvalue weighted by Crippen LogP contribution is 2.30. The summed E-state index contributed by atoms with van der Waals surface area (Å²) in [5.41, 5.74) is 16.2. The van der Waals surface area contributed by atoms with Crippen molar-refractivity contribution < 1.29 is 39.1 Å². The van der Waals surface area contributed by atoms with Gasteiger partial charge in [0.25, 0.3) is 0 Å². The highest BCUT2D eigenvalue weighted by Gasteiger charge is 2.51. The van der Waals surface area contributed by atoms with Crippen molar-refractivity contribution in [1.82, 2.24) is 5.32 Å². The SMILES string of the molecule is CCN[C@@H]1C[C@H](N)[C@@H](O[C@H]2OC(CN)=CC[C@H]2N)[C@H](O)[C@H]1O[C@H]1OC[C@](C)(O)C(=O)[C@H]1O. The van der Waals surface area contributed by atoms with Gasteiger partial charge in [-0.25, -0.2) is 0 Å². The number of hydrogen-bond acceptors (Lipinski definition) is 12. The fourth-order valence-electron chi connectivity index (χ4n) is 4.25. The number of ether oxygens (including phenoxy) is 4. The number of aliphatic hydroxyl groups is 3. The third-order valence-electron chi connectivity index (χ3n) is 6.09. The summed E-state index contributed by atoms with van der Waals surface area (Å²) in [5, 5.41) is 34.7. The average Bonchev–Trinajstić information content (AvgIpc) is 2.75. The molecule has 1 saturated heterocycles.